The van der Waals surface area contributed by atoms with Crippen LogP contribution in [0.3, 0.4) is 0 Å². The van der Waals surface area contributed by atoms with E-state index >= 15 is 0 Å². The summed E-state index contributed by atoms with van der Waals surface area (Å²) in [6, 6.07) is 8.51. The van der Waals surface area contributed by atoms with Gasteiger partial charge in [0.05, 0.1) is 17.3 Å². The molecule has 2 heterocycles. The van der Waals surface area contributed by atoms with Gasteiger partial charge in [0.15, 0.2) is 0 Å². The largest absolute Gasteiger partial charge is 0.345 e. The van der Waals surface area contributed by atoms with Crippen molar-refractivity contribution in [3.8, 4) is 0 Å². The number of aromatic nitrogens is 2. The monoisotopic (exact) mass is 339 g/mol. The Kier molecular flexibility index (Phi) is 4.92. The number of hydrogen-bond donors (Lipinski definition) is 2. The second-order valence-corrected chi connectivity index (χ2v) is 6.30. The quantitative estimate of drug-likeness (QED) is 0.876. The number of nitrogens with one attached hydrogen (secondary N) is 2. The van der Waals surface area contributed by atoms with Crippen molar-refractivity contribution in [2.75, 3.05) is 19.4 Å². The number of pyridine rings is 2. The minimum absolute atomic E-state index is 0.101. The van der Waals surface area contributed by atoms with Crippen molar-refractivity contribution >= 4 is 17.8 Å². The molecule has 0 bridgehead atoms. The summed E-state index contributed by atoms with van der Waals surface area (Å²) >= 11 is 0. The van der Waals surface area contributed by atoms with E-state index in [0.29, 0.717) is 17.3 Å². The molecule has 0 aliphatic heterocycles. The van der Waals surface area contributed by atoms with Crippen LogP contribution in [0.25, 0.3) is 0 Å². The van der Waals surface area contributed by atoms with Crippen LogP contribution in [0, 0.1) is 5.92 Å². The third-order valence-corrected chi connectivity index (χ3v) is 4.04. The van der Waals surface area contributed by atoms with Crippen molar-refractivity contribution < 1.29 is 9.59 Å². The Balaban J connectivity index is 1.63. The molecule has 7 heteroatoms. The van der Waals surface area contributed by atoms with Gasteiger partial charge in [-0.15, -0.1) is 0 Å². The first-order valence-corrected chi connectivity index (χ1v) is 8.21. The highest BCUT2D eigenvalue weighted by Crippen LogP contribution is 2.40. The van der Waals surface area contributed by atoms with Gasteiger partial charge in [0.2, 0.25) is 0 Å². The Morgan fingerprint density at radius 3 is 2.52 bits per heavy atom. The lowest BCUT2D eigenvalue weighted by molar-refractivity contribution is 0.0827. The van der Waals surface area contributed by atoms with Crippen LogP contribution < -0.4 is 10.6 Å². The van der Waals surface area contributed by atoms with Gasteiger partial charge in [0.25, 0.3) is 5.91 Å². The lowest BCUT2D eigenvalue weighted by Crippen LogP contribution is -2.34. The maximum atomic E-state index is 12.3. The van der Waals surface area contributed by atoms with Gasteiger partial charge < -0.3 is 10.2 Å². The van der Waals surface area contributed by atoms with Crippen molar-refractivity contribution in [1.29, 1.82) is 0 Å². The molecule has 3 rings (SSSR count). The molecule has 0 saturated heterocycles. The number of rotatable bonds is 5. The molecule has 1 aliphatic carbocycles. The predicted octanol–water partition coefficient (Wildman–Crippen LogP) is 2.45. The van der Waals surface area contributed by atoms with Gasteiger partial charge in [-0.3, -0.25) is 15.1 Å². The van der Waals surface area contributed by atoms with Gasteiger partial charge in [0.1, 0.15) is 5.82 Å². The third kappa shape index (κ3) is 4.32. The highest BCUT2D eigenvalue weighted by atomic mass is 16.2. The first-order chi connectivity index (χ1) is 12.0. The lowest BCUT2D eigenvalue weighted by atomic mass is 10.1. The van der Waals surface area contributed by atoms with Crippen molar-refractivity contribution in [3.63, 3.8) is 0 Å². The Labute approximate surface area is 146 Å². The van der Waals surface area contributed by atoms with Gasteiger partial charge in [-0.1, -0.05) is 6.07 Å². The molecule has 7 nitrogen and oxygen atoms in total. The summed E-state index contributed by atoms with van der Waals surface area (Å²) in [4.78, 5) is 34.1. The van der Waals surface area contributed by atoms with Crippen LogP contribution in [-0.2, 0) is 0 Å². The Bertz CT molecular complexity index is 742. The molecule has 2 aromatic heterocycles. The van der Waals surface area contributed by atoms with E-state index in [2.05, 4.69) is 20.6 Å². The van der Waals surface area contributed by atoms with E-state index in [1.807, 2.05) is 18.2 Å². The standard InChI is InChI=1S/C18H21N5O2/c1-23(2)17(24)13-8-9-15(20-11-13)21-18(25)22-16(12-6-7-12)14-5-3-4-10-19-14/h3-5,8-12,16H,6-7H2,1-2H3,(H2,20,21,22,25). The summed E-state index contributed by atoms with van der Waals surface area (Å²) in [6.07, 6.45) is 5.35. The number of carbonyl (C=O) groups is 2. The van der Waals surface area contributed by atoms with Crippen molar-refractivity contribution in [2.45, 2.75) is 18.9 Å². The van der Waals surface area contributed by atoms with E-state index in [9.17, 15) is 9.59 Å². The summed E-state index contributed by atoms with van der Waals surface area (Å²) in [5, 5.41) is 5.68. The summed E-state index contributed by atoms with van der Waals surface area (Å²) in [5.74, 6) is 0.685. The lowest BCUT2D eigenvalue weighted by Gasteiger charge is -2.18. The van der Waals surface area contributed by atoms with Crippen molar-refractivity contribution in [1.82, 2.24) is 20.2 Å². The molecule has 25 heavy (non-hydrogen) atoms. The molecule has 2 aromatic rings. The number of amides is 3. The summed E-state index contributed by atoms with van der Waals surface area (Å²) < 4.78 is 0. The zero-order valence-electron chi connectivity index (χ0n) is 14.3. The first-order valence-electron chi connectivity index (χ1n) is 8.21. The SMILES string of the molecule is CN(C)C(=O)c1ccc(NC(=O)NC(c2ccccn2)C2CC2)nc1. The topological polar surface area (TPSA) is 87.2 Å². The zero-order chi connectivity index (χ0) is 17.8. The molecule has 1 atom stereocenters. The van der Waals surface area contributed by atoms with Gasteiger partial charge in [0, 0.05) is 26.5 Å². The number of hydrogen-bond acceptors (Lipinski definition) is 4. The van der Waals surface area contributed by atoms with E-state index in [-0.39, 0.29) is 18.0 Å². The molecular formula is C18H21N5O2. The van der Waals surface area contributed by atoms with E-state index in [4.69, 9.17) is 0 Å². The summed E-state index contributed by atoms with van der Waals surface area (Å²) in [6.45, 7) is 0. The second kappa shape index (κ2) is 7.29. The highest BCUT2D eigenvalue weighted by molar-refractivity contribution is 5.94. The molecule has 1 fully saturated rings. The van der Waals surface area contributed by atoms with Crippen LogP contribution in [0.15, 0.2) is 42.7 Å². The maximum Gasteiger partial charge on any atom is 0.320 e. The minimum atomic E-state index is -0.332. The summed E-state index contributed by atoms with van der Waals surface area (Å²) in [7, 11) is 3.36. The fourth-order valence-electron chi connectivity index (χ4n) is 2.57. The molecule has 3 amide bonds. The number of carbonyl (C=O) groups excluding carboxylic acids is 2. The molecule has 2 N–H and O–H groups in total. The second-order valence-electron chi connectivity index (χ2n) is 6.30. The third-order valence-electron chi connectivity index (χ3n) is 4.04. The number of urea groups is 1. The van der Waals surface area contributed by atoms with Crippen molar-refractivity contribution in [3.05, 3.63) is 54.0 Å². The van der Waals surface area contributed by atoms with Gasteiger partial charge >= 0.3 is 6.03 Å². The van der Waals surface area contributed by atoms with Crippen LogP contribution in [-0.4, -0.2) is 40.9 Å². The molecule has 1 saturated carbocycles. The Morgan fingerprint density at radius 2 is 1.96 bits per heavy atom. The van der Waals surface area contributed by atoms with Crippen LogP contribution in [0.1, 0.15) is 34.9 Å². The molecule has 1 aliphatic rings. The van der Waals surface area contributed by atoms with Gasteiger partial charge in [-0.2, -0.15) is 0 Å². The predicted molar refractivity (Wildman–Crippen MR) is 94.1 cm³/mol. The molecule has 1 unspecified atom stereocenters. The molecule has 130 valence electrons. The zero-order valence-corrected chi connectivity index (χ0v) is 14.3. The summed E-state index contributed by atoms with van der Waals surface area (Å²) in [5.41, 5.74) is 1.33. The van der Waals surface area contributed by atoms with E-state index in [0.717, 1.165) is 18.5 Å². The maximum absolute atomic E-state index is 12.3. The molecular weight excluding hydrogens is 318 g/mol. The average Bonchev–Trinajstić information content (AvgIpc) is 3.45. The van der Waals surface area contributed by atoms with E-state index in [1.165, 1.54) is 11.1 Å². The van der Waals surface area contributed by atoms with E-state index < -0.39 is 0 Å². The average molecular weight is 339 g/mol. The van der Waals surface area contributed by atoms with Crippen LogP contribution >= 0.6 is 0 Å². The number of anilines is 1. The first kappa shape index (κ1) is 16.9. The van der Waals surface area contributed by atoms with E-state index in [1.54, 1.807) is 32.4 Å². The van der Waals surface area contributed by atoms with Crippen LogP contribution in [0.5, 0.6) is 0 Å². The normalized spacial score (nSPS) is 14.5. The Hall–Kier alpha value is -2.96. The van der Waals surface area contributed by atoms with Crippen molar-refractivity contribution in [2.24, 2.45) is 5.92 Å². The van der Waals surface area contributed by atoms with Gasteiger partial charge in [-0.25, -0.2) is 9.78 Å². The Morgan fingerprint density at radius 1 is 1.16 bits per heavy atom. The molecule has 0 aromatic carbocycles. The fraction of sp³-hybridized carbons (Fsp3) is 0.333. The number of nitrogens with zero attached hydrogens (tertiary/aromatic N) is 3. The highest BCUT2D eigenvalue weighted by Gasteiger charge is 2.34. The van der Waals surface area contributed by atoms with Gasteiger partial charge in [-0.05, 0) is 43.0 Å². The fourth-order valence-corrected chi connectivity index (χ4v) is 2.57. The smallest absolute Gasteiger partial charge is 0.320 e. The van der Waals surface area contributed by atoms with Crippen LogP contribution in [0.4, 0.5) is 10.6 Å². The molecule has 0 spiro atoms. The van der Waals surface area contributed by atoms with Crippen LogP contribution in [0.2, 0.25) is 0 Å². The minimum Gasteiger partial charge on any atom is -0.345 e. The molecule has 0 radical (unpaired) electrons.